The van der Waals surface area contributed by atoms with Crippen LogP contribution in [-0.2, 0) is 11.2 Å². The zero-order valence-electron chi connectivity index (χ0n) is 11.6. The van der Waals surface area contributed by atoms with Gasteiger partial charge in [-0.1, -0.05) is 24.6 Å². The Labute approximate surface area is 119 Å². The Balaban J connectivity index is 2.10. The maximum absolute atomic E-state index is 13.0. The van der Waals surface area contributed by atoms with Crippen LogP contribution in [0.4, 0.5) is 4.39 Å². The molecule has 2 N–H and O–H groups in total. The molecule has 0 aromatic heterocycles. The Morgan fingerprint density at radius 3 is 2.53 bits per heavy atom. The van der Waals surface area contributed by atoms with Gasteiger partial charge >= 0.3 is 0 Å². The van der Waals surface area contributed by atoms with Crippen LogP contribution in [-0.4, -0.2) is 18.2 Å². The average molecular weight is 286 g/mol. The Morgan fingerprint density at radius 2 is 2.00 bits per heavy atom. The summed E-state index contributed by atoms with van der Waals surface area (Å²) in [6.07, 6.45) is 1.03. The third-order valence-corrected chi connectivity index (χ3v) is 4.64. The molecule has 1 aromatic rings. The number of rotatable bonds is 3. The summed E-state index contributed by atoms with van der Waals surface area (Å²) in [5, 5.41) is 0.447. The van der Waals surface area contributed by atoms with Crippen molar-refractivity contribution in [2.45, 2.75) is 45.4 Å². The molecule has 1 aromatic carbocycles. The first-order valence-electron chi connectivity index (χ1n) is 6.75. The van der Waals surface area contributed by atoms with Gasteiger partial charge in [-0.2, -0.15) is 0 Å². The number of hydrogen-bond donors (Lipinski definition) is 1. The second kappa shape index (κ2) is 5.78. The molecule has 1 aliphatic heterocycles. The normalized spacial score (nSPS) is 32.5. The van der Waals surface area contributed by atoms with E-state index < -0.39 is 0 Å². The van der Waals surface area contributed by atoms with Gasteiger partial charge < -0.3 is 10.5 Å². The molecule has 0 spiro atoms. The van der Waals surface area contributed by atoms with Crippen LogP contribution in [0, 0.1) is 17.7 Å². The minimum Gasteiger partial charge on any atom is -0.375 e. The van der Waals surface area contributed by atoms with Gasteiger partial charge in [0.25, 0.3) is 0 Å². The van der Waals surface area contributed by atoms with E-state index in [1.165, 1.54) is 12.1 Å². The molecule has 4 heteroatoms. The Kier molecular flexibility index (Phi) is 4.49. The Morgan fingerprint density at radius 1 is 1.32 bits per heavy atom. The van der Waals surface area contributed by atoms with Crippen molar-refractivity contribution in [3.8, 4) is 0 Å². The summed E-state index contributed by atoms with van der Waals surface area (Å²) in [6.45, 7) is 6.32. The van der Waals surface area contributed by atoms with Crippen LogP contribution >= 0.6 is 11.6 Å². The standard InChI is InChI=1S/C15H21ClFNO/c1-8-9(2)19-10(3)15(8)14(18)6-11-4-5-12(17)7-13(11)16/h4-5,7-10,14-15H,6,18H2,1-3H3. The molecule has 0 aliphatic carbocycles. The summed E-state index contributed by atoms with van der Waals surface area (Å²) in [7, 11) is 0. The SMILES string of the molecule is CC1OC(C)C(C(N)Cc2ccc(F)cc2Cl)C1C. The molecular weight excluding hydrogens is 265 g/mol. The van der Waals surface area contributed by atoms with Gasteiger partial charge in [0, 0.05) is 17.0 Å². The molecule has 1 aliphatic rings. The van der Waals surface area contributed by atoms with Gasteiger partial charge in [-0.25, -0.2) is 4.39 Å². The molecule has 19 heavy (non-hydrogen) atoms. The van der Waals surface area contributed by atoms with Crippen molar-refractivity contribution >= 4 is 11.6 Å². The fourth-order valence-corrected chi connectivity index (χ4v) is 3.35. The number of benzene rings is 1. The lowest BCUT2D eigenvalue weighted by Crippen LogP contribution is -2.39. The van der Waals surface area contributed by atoms with Crippen LogP contribution in [0.1, 0.15) is 26.3 Å². The van der Waals surface area contributed by atoms with E-state index in [2.05, 4.69) is 20.8 Å². The van der Waals surface area contributed by atoms with Crippen molar-refractivity contribution in [3.63, 3.8) is 0 Å². The Bertz CT molecular complexity index is 454. The van der Waals surface area contributed by atoms with Crippen LogP contribution < -0.4 is 5.73 Å². The molecule has 1 fully saturated rings. The van der Waals surface area contributed by atoms with E-state index in [-0.39, 0.29) is 24.1 Å². The zero-order valence-corrected chi connectivity index (χ0v) is 12.3. The molecular formula is C15H21ClFNO. The molecule has 0 amide bonds. The summed E-state index contributed by atoms with van der Waals surface area (Å²) < 4.78 is 18.8. The van der Waals surface area contributed by atoms with Crippen LogP contribution in [0.15, 0.2) is 18.2 Å². The van der Waals surface area contributed by atoms with Crippen LogP contribution in [0.3, 0.4) is 0 Å². The van der Waals surface area contributed by atoms with E-state index in [0.717, 1.165) is 5.56 Å². The van der Waals surface area contributed by atoms with E-state index in [4.69, 9.17) is 22.1 Å². The fraction of sp³-hybridized carbons (Fsp3) is 0.600. The maximum atomic E-state index is 13.0. The van der Waals surface area contributed by atoms with Gasteiger partial charge in [0.05, 0.1) is 12.2 Å². The number of hydrogen-bond acceptors (Lipinski definition) is 2. The summed E-state index contributed by atoms with van der Waals surface area (Å²) in [5.41, 5.74) is 7.23. The molecule has 5 unspecified atom stereocenters. The minimum absolute atomic E-state index is 0.0297. The third-order valence-electron chi connectivity index (χ3n) is 4.28. The van der Waals surface area contributed by atoms with Crippen molar-refractivity contribution in [2.75, 3.05) is 0 Å². The molecule has 0 saturated carbocycles. The predicted molar refractivity (Wildman–Crippen MR) is 75.8 cm³/mol. The molecule has 5 atom stereocenters. The second-order valence-electron chi connectivity index (χ2n) is 5.59. The van der Waals surface area contributed by atoms with Gasteiger partial charge in [-0.15, -0.1) is 0 Å². The summed E-state index contributed by atoms with van der Waals surface area (Å²) in [6, 6.07) is 4.45. The molecule has 2 rings (SSSR count). The minimum atomic E-state index is -0.318. The van der Waals surface area contributed by atoms with E-state index in [9.17, 15) is 4.39 Å². The second-order valence-corrected chi connectivity index (χ2v) is 5.99. The highest BCUT2D eigenvalue weighted by atomic mass is 35.5. The lowest BCUT2D eigenvalue weighted by molar-refractivity contribution is 0.0490. The quantitative estimate of drug-likeness (QED) is 0.924. The Hall–Kier alpha value is -0.640. The van der Waals surface area contributed by atoms with Crippen molar-refractivity contribution in [1.29, 1.82) is 0 Å². The van der Waals surface area contributed by atoms with Crippen molar-refractivity contribution in [3.05, 3.63) is 34.6 Å². The largest absolute Gasteiger partial charge is 0.375 e. The average Bonchev–Trinajstić information content (AvgIpc) is 2.57. The first-order valence-corrected chi connectivity index (χ1v) is 7.13. The molecule has 1 heterocycles. The van der Waals surface area contributed by atoms with E-state index >= 15 is 0 Å². The smallest absolute Gasteiger partial charge is 0.124 e. The van der Waals surface area contributed by atoms with Gasteiger partial charge in [0.2, 0.25) is 0 Å². The molecule has 1 saturated heterocycles. The van der Waals surface area contributed by atoms with Crippen molar-refractivity contribution < 1.29 is 9.13 Å². The van der Waals surface area contributed by atoms with Gasteiger partial charge in [-0.05, 0) is 43.9 Å². The predicted octanol–water partition coefficient (Wildman–Crippen LogP) is 3.41. The highest BCUT2D eigenvalue weighted by molar-refractivity contribution is 6.31. The lowest BCUT2D eigenvalue weighted by Gasteiger charge is -2.26. The summed E-state index contributed by atoms with van der Waals surface area (Å²) in [5.74, 6) is 0.405. The van der Waals surface area contributed by atoms with Crippen LogP contribution in [0.5, 0.6) is 0 Å². The van der Waals surface area contributed by atoms with Gasteiger partial charge in [-0.3, -0.25) is 0 Å². The fourth-order valence-electron chi connectivity index (χ4n) is 3.11. The summed E-state index contributed by atoms with van der Waals surface area (Å²) in [4.78, 5) is 0. The highest BCUT2D eigenvalue weighted by Crippen LogP contribution is 2.35. The number of halogens is 2. The maximum Gasteiger partial charge on any atom is 0.124 e. The number of nitrogens with two attached hydrogens (primary N) is 1. The number of ether oxygens (including phenoxy) is 1. The van der Waals surface area contributed by atoms with Gasteiger partial charge in [0.15, 0.2) is 0 Å². The van der Waals surface area contributed by atoms with Crippen LogP contribution in [0.25, 0.3) is 0 Å². The highest BCUT2D eigenvalue weighted by Gasteiger charge is 2.40. The van der Waals surface area contributed by atoms with Crippen molar-refractivity contribution in [2.24, 2.45) is 17.6 Å². The topological polar surface area (TPSA) is 35.2 Å². The molecule has 2 nitrogen and oxygen atoms in total. The summed E-state index contributed by atoms with van der Waals surface area (Å²) >= 11 is 6.05. The third kappa shape index (κ3) is 3.10. The lowest BCUT2D eigenvalue weighted by atomic mass is 9.81. The molecule has 0 radical (unpaired) electrons. The van der Waals surface area contributed by atoms with Crippen LogP contribution in [0.2, 0.25) is 5.02 Å². The van der Waals surface area contributed by atoms with Gasteiger partial charge in [0.1, 0.15) is 5.82 Å². The first kappa shape index (κ1) is 14.8. The van der Waals surface area contributed by atoms with E-state index in [1.54, 1.807) is 6.07 Å². The van der Waals surface area contributed by atoms with E-state index in [1.807, 2.05) is 0 Å². The molecule has 106 valence electrons. The zero-order chi connectivity index (χ0) is 14.2. The van der Waals surface area contributed by atoms with E-state index in [0.29, 0.717) is 23.3 Å². The first-order chi connectivity index (χ1) is 8.90. The molecule has 0 bridgehead atoms. The van der Waals surface area contributed by atoms with Crippen molar-refractivity contribution in [1.82, 2.24) is 0 Å². The monoisotopic (exact) mass is 285 g/mol.